The van der Waals surface area contributed by atoms with E-state index < -0.39 is 12.1 Å². The number of aromatic nitrogens is 2. The van der Waals surface area contributed by atoms with Gasteiger partial charge in [0.25, 0.3) is 0 Å². The quantitative estimate of drug-likeness (QED) is 0.481. The van der Waals surface area contributed by atoms with E-state index in [9.17, 15) is 19.5 Å². The molecule has 2 N–H and O–H groups in total. The van der Waals surface area contributed by atoms with E-state index in [0.717, 1.165) is 39.1 Å². The van der Waals surface area contributed by atoms with Crippen LogP contribution in [0.25, 0.3) is 11.1 Å². The lowest BCUT2D eigenvalue weighted by Gasteiger charge is -2.31. The van der Waals surface area contributed by atoms with Crippen molar-refractivity contribution in [3.05, 3.63) is 75.0 Å². The zero-order valence-corrected chi connectivity index (χ0v) is 20.7. The van der Waals surface area contributed by atoms with Crippen molar-refractivity contribution in [1.82, 2.24) is 14.7 Å². The van der Waals surface area contributed by atoms with E-state index >= 15 is 0 Å². The molecule has 3 aromatic rings. The lowest BCUT2D eigenvalue weighted by Crippen LogP contribution is -2.41. The van der Waals surface area contributed by atoms with Crippen molar-refractivity contribution < 1.29 is 24.6 Å². The number of likely N-dealkylation sites (tertiary alicyclic amines) is 1. The first-order valence-corrected chi connectivity index (χ1v) is 12.4. The Morgan fingerprint density at radius 1 is 1.03 bits per heavy atom. The third-order valence-electron chi connectivity index (χ3n) is 7.09. The van der Waals surface area contributed by atoms with Gasteiger partial charge in [0.15, 0.2) is 0 Å². The Morgan fingerprint density at radius 2 is 1.72 bits per heavy atom. The number of benzene rings is 2. The number of carboxylic acids is 1. The van der Waals surface area contributed by atoms with E-state index in [-0.39, 0.29) is 23.4 Å². The molecule has 1 amide bonds. The van der Waals surface area contributed by atoms with Crippen LogP contribution in [0.15, 0.2) is 42.6 Å². The first-order chi connectivity index (χ1) is 17.2. The maximum atomic E-state index is 13.3. The van der Waals surface area contributed by atoms with Gasteiger partial charge < -0.3 is 15.1 Å². The fourth-order valence-electron chi connectivity index (χ4n) is 5.18. The molecule has 1 fully saturated rings. The first kappa shape index (κ1) is 24.3. The molecular weight excluding hydrogens is 505 g/mol. The number of carbonyl (C=O) groups excluding carboxylic acids is 1. The third kappa shape index (κ3) is 4.58. The van der Waals surface area contributed by atoms with Crippen LogP contribution in [-0.4, -0.2) is 55.4 Å². The van der Waals surface area contributed by atoms with Gasteiger partial charge in [0.05, 0.1) is 11.3 Å². The van der Waals surface area contributed by atoms with Crippen molar-refractivity contribution >= 4 is 41.2 Å². The van der Waals surface area contributed by atoms with E-state index in [1.165, 1.54) is 18.3 Å². The average molecular weight is 528 g/mol. The Hall–Kier alpha value is -3.36. The highest BCUT2D eigenvalue weighted by Crippen LogP contribution is 2.36. The fraction of sp³-hybridized carbons (Fsp3) is 0.308. The summed E-state index contributed by atoms with van der Waals surface area (Å²) >= 11 is 13.2. The molecule has 5 rings (SSSR count). The second kappa shape index (κ2) is 9.59. The minimum Gasteiger partial charge on any atom is -0.478 e. The number of amides is 1. The molecule has 0 radical (unpaired) electrons. The van der Waals surface area contributed by atoms with Gasteiger partial charge in [0.1, 0.15) is 0 Å². The van der Waals surface area contributed by atoms with Crippen LogP contribution in [-0.2, 0) is 24.1 Å². The summed E-state index contributed by atoms with van der Waals surface area (Å²) in [7, 11) is 0. The highest BCUT2D eigenvalue weighted by atomic mass is 35.5. The van der Waals surface area contributed by atoms with Crippen molar-refractivity contribution in [2.75, 3.05) is 6.54 Å². The molecule has 2 aliphatic rings. The van der Waals surface area contributed by atoms with Crippen LogP contribution in [0.1, 0.15) is 40.0 Å². The number of nitrogens with zero attached hydrogens (tertiary/aromatic N) is 3. The van der Waals surface area contributed by atoms with Crippen LogP contribution in [0.5, 0.6) is 0 Å². The number of halogens is 2. The molecule has 8 nitrogen and oxygen atoms in total. The first-order valence-electron chi connectivity index (χ1n) is 11.6. The van der Waals surface area contributed by atoms with E-state index in [0.29, 0.717) is 42.3 Å². The molecule has 36 heavy (non-hydrogen) atoms. The topological polar surface area (TPSA) is 113 Å². The Bertz CT molecular complexity index is 1350. The molecular formula is C26H23Cl2N3O5. The number of fused-ring (bicyclic) bond motifs is 1. The van der Waals surface area contributed by atoms with Gasteiger partial charge in [0, 0.05) is 34.7 Å². The van der Waals surface area contributed by atoms with Crippen LogP contribution in [0, 0.1) is 5.92 Å². The maximum Gasteiger partial charge on any atom is 0.432 e. The van der Waals surface area contributed by atoms with Gasteiger partial charge in [-0.3, -0.25) is 4.79 Å². The number of aryl methyl sites for hydroxylation is 1. The Kier molecular flexibility index (Phi) is 6.49. The van der Waals surface area contributed by atoms with Gasteiger partial charge in [-0.05, 0) is 78.6 Å². The van der Waals surface area contributed by atoms with Crippen LogP contribution < -0.4 is 0 Å². The van der Waals surface area contributed by atoms with Gasteiger partial charge in [0.2, 0.25) is 5.91 Å². The molecule has 2 heterocycles. The van der Waals surface area contributed by atoms with Crippen LogP contribution in [0.4, 0.5) is 4.79 Å². The van der Waals surface area contributed by atoms with Crippen molar-refractivity contribution in [2.45, 2.75) is 38.1 Å². The number of carbonyl (C=O) groups is 3. The van der Waals surface area contributed by atoms with E-state index in [4.69, 9.17) is 28.3 Å². The molecule has 10 heteroatoms. The summed E-state index contributed by atoms with van der Waals surface area (Å²) in [5.74, 6) is -1.16. The van der Waals surface area contributed by atoms with Crippen molar-refractivity contribution in [1.29, 1.82) is 0 Å². The summed E-state index contributed by atoms with van der Waals surface area (Å²) in [5.41, 5.74) is 4.14. The van der Waals surface area contributed by atoms with E-state index in [1.54, 1.807) is 24.3 Å². The highest BCUT2D eigenvalue weighted by Gasteiger charge is 2.38. The molecule has 2 aromatic carbocycles. The Labute approximate surface area is 217 Å². The fourth-order valence-corrected chi connectivity index (χ4v) is 5.82. The lowest BCUT2D eigenvalue weighted by atomic mass is 9.92. The number of carboxylic acid groups (broad SMARTS) is 2. The normalized spacial score (nSPS) is 19.4. The molecule has 1 aliphatic carbocycles. The zero-order valence-electron chi connectivity index (χ0n) is 19.2. The SMILES string of the molecule is O=C(O)c1ccc(-c2cc(Cl)c(CC3CCN(C4CCc5nn(C(=O)O)cc5C4)C3=O)c(Cl)c2)cc1. The molecule has 0 saturated carbocycles. The Morgan fingerprint density at radius 3 is 2.36 bits per heavy atom. The smallest absolute Gasteiger partial charge is 0.432 e. The maximum absolute atomic E-state index is 13.3. The molecule has 1 aliphatic heterocycles. The standard InChI is InChI=1S/C26H23Cl2N3O5/c27-21-11-17(14-1-3-15(4-2-14)25(33)34)12-22(28)20(21)10-16-7-8-30(24(16)32)19-5-6-23-18(9-19)13-31(29-23)26(35)36/h1-4,11-13,16,19H,5-10H2,(H,33,34)(H,35,36). The third-order valence-corrected chi connectivity index (χ3v) is 7.77. The molecule has 0 spiro atoms. The summed E-state index contributed by atoms with van der Waals surface area (Å²) in [6, 6.07) is 10.1. The molecule has 1 saturated heterocycles. The van der Waals surface area contributed by atoms with E-state index in [1.807, 2.05) is 4.90 Å². The van der Waals surface area contributed by atoms with Gasteiger partial charge in [-0.1, -0.05) is 35.3 Å². The van der Waals surface area contributed by atoms with Gasteiger partial charge in [-0.25, -0.2) is 9.59 Å². The number of aromatic carboxylic acids is 1. The van der Waals surface area contributed by atoms with Crippen molar-refractivity contribution in [3.8, 4) is 11.1 Å². The zero-order chi connectivity index (χ0) is 25.6. The highest BCUT2D eigenvalue weighted by molar-refractivity contribution is 6.36. The molecule has 186 valence electrons. The molecule has 0 bridgehead atoms. The van der Waals surface area contributed by atoms with Crippen LogP contribution in [0.3, 0.4) is 0 Å². The van der Waals surface area contributed by atoms with Crippen molar-refractivity contribution in [2.24, 2.45) is 5.92 Å². The van der Waals surface area contributed by atoms with Crippen LogP contribution >= 0.6 is 23.2 Å². The molecule has 1 aromatic heterocycles. The number of rotatable bonds is 5. The number of hydrogen-bond acceptors (Lipinski definition) is 4. The minimum atomic E-state index is -1.12. The largest absolute Gasteiger partial charge is 0.478 e. The predicted molar refractivity (Wildman–Crippen MR) is 134 cm³/mol. The summed E-state index contributed by atoms with van der Waals surface area (Å²) in [5, 5.41) is 23.3. The second-order valence-electron chi connectivity index (χ2n) is 9.25. The molecule has 2 atom stereocenters. The second-order valence-corrected chi connectivity index (χ2v) is 10.1. The summed E-state index contributed by atoms with van der Waals surface area (Å²) < 4.78 is 0.940. The van der Waals surface area contributed by atoms with Crippen molar-refractivity contribution in [3.63, 3.8) is 0 Å². The summed E-state index contributed by atoms with van der Waals surface area (Å²) in [4.78, 5) is 37.5. The van der Waals surface area contributed by atoms with Gasteiger partial charge >= 0.3 is 12.1 Å². The summed E-state index contributed by atoms with van der Waals surface area (Å²) in [6.45, 7) is 0.639. The Balaban J connectivity index is 1.29. The van der Waals surface area contributed by atoms with Gasteiger partial charge in [-0.2, -0.15) is 9.78 Å². The lowest BCUT2D eigenvalue weighted by molar-refractivity contribution is -0.133. The predicted octanol–water partition coefficient (Wildman–Crippen LogP) is 5.03. The molecule has 2 unspecified atom stereocenters. The van der Waals surface area contributed by atoms with E-state index in [2.05, 4.69) is 5.10 Å². The summed E-state index contributed by atoms with van der Waals surface area (Å²) in [6.07, 6.45) is 3.54. The number of hydrogen-bond donors (Lipinski definition) is 2. The average Bonchev–Trinajstić information content (AvgIpc) is 3.44. The minimum absolute atomic E-state index is 0.0172. The van der Waals surface area contributed by atoms with Crippen LogP contribution in [0.2, 0.25) is 10.0 Å². The van der Waals surface area contributed by atoms with Gasteiger partial charge in [-0.15, -0.1) is 0 Å². The monoisotopic (exact) mass is 527 g/mol.